The van der Waals surface area contributed by atoms with Crippen molar-refractivity contribution in [2.75, 3.05) is 18.0 Å². The van der Waals surface area contributed by atoms with Crippen molar-refractivity contribution in [3.63, 3.8) is 0 Å². The molecule has 0 aliphatic carbocycles. The Kier molecular flexibility index (Phi) is 3.33. The van der Waals surface area contributed by atoms with Crippen molar-refractivity contribution in [2.24, 2.45) is 0 Å². The fourth-order valence-electron chi connectivity index (χ4n) is 1.93. The monoisotopic (exact) mass is 320 g/mol. The Morgan fingerprint density at radius 1 is 1.26 bits per heavy atom. The molecule has 3 heterocycles. The van der Waals surface area contributed by atoms with Crippen LogP contribution in [0.5, 0.6) is 5.75 Å². The van der Waals surface area contributed by atoms with E-state index in [2.05, 4.69) is 35.8 Å². The summed E-state index contributed by atoms with van der Waals surface area (Å²) in [6, 6.07) is 3.82. The Morgan fingerprint density at radius 3 is 2.68 bits per heavy atom. The molecule has 2 aromatic heterocycles. The molecule has 1 aliphatic heterocycles. The van der Waals surface area contributed by atoms with E-state index >= 15 is 0 Å². The van der Waals surface area contributed by atoms with Crippen LogP contribution >= 0.6 is 15.9 Å². The summed E-state index contributed by atoms with van der Waals surface area (Å²) in [6.07, 6.45) is 5.46. The molecular formula is C13H13BrN4O. The minimum atomic E-state index is 0.189. The van der Waals surface area contributed by atoms with Gasteiger partial charge in [-0.25, -0.2) is 9.97 Å². The first-order chi connectivity index (χ1) is 9.20. The fraction of sp³-hybridized carbons (Fsp3) is 0.308. The Hall–Kier alpha value is -1.69. The van der Waals surface area contributed by atoms with Gasteiger partial charge in [-0.05, 0) is 28.9 Å². The van der Waals surface area contributed by atoms with Gasteiger partial charge in [0.05, 0.1) is 17.6 Å². The van der Waals surface area contributed by atoms with Crippen molar-refractivity contribution in [1.82, 2.24) is 15.0 Å². The lowest BCUT2D eigenvalue weighted by atomic mass is 10.2. The lowest BCUT2D eigenvalue weighted by Gasteiger charge is -2.38. The molecule has 0 unspecified atom stereocenters. The molecule has 0 radical (unpaired) electrons. The second-order valence-corrected chi connectivity index (χ2v) is 5.39. The van der Waals surface area contributed by atoms with E-state index in [0.717, 1.165) is 35.0 Å². The summed E-state index contributed by atoms with van der Waals surface area (Å²) >= 11 is 3.32. The van der Waals surface area contributed by atoms with Gasteiger partial charge in [-0.15, -0.1) is 0 Å². The first kappa shape index (κ1) is 12.3. The second kappa shape index (κ2) is 5.13. The summed E-state index contributed by atoms with van der Waals surface area (Å²) in [5.41, 5.74) is 0.963. The van der Waals surface area contributed by atoms with Crippen molar-refractivity contribution in [3.8, 4) is 5.75 Å². The average Bonchev–Trinajstić information content (AvgIpc) is 2.35. The van der Waals surface area contributed by atoms with Crippen LogP contribution in [0.1, 0.15) is 5.69 Å². The van der Waals surface area contributed by atoms with Crippen LogP contribution < -0.4 is 9.64 Å². The van der Waals surface area contributed by atoms with Crippen LogP contribution in [0, 0.1) is 6.92 Å². The number of halogens is 1. The average molecular weight is 321 g/mol. The summed E-state index contributed by atoms with van der Waals surface area (Å²) in [6.45, 7) is 3.57. The van der Waals surface area contributed by atoms with Gasteiger partial charge in [0.15, 0.2) is 0 Å². The molecule has 1 fully saturated rings. The highest BCUT2D eigenvalue weighted by Crippen LogP contribution is 2.21. The molecule has 98 valence electrons. The van der Waals surface area contributed by atoms with E-state index in [1.807, 2.05) is 19.1 Å². The maximum Gasteiger partial charge on any atom is 0.225 e. The summed E-state index contributed by atoms with van der Waals surface area (Å²) in [5, 5.41) is 0. The van der Waals surface area contributed by atoms with E-state index in [4.69, 9.17) is 4.74 Å². The minimum absolute atomic E-state index is 0.189. The van der Waals surface area contributed by atoms with Gasteiger partial charge in [-0.1, -0.05) is 0 Å². The maximum atomic E-state index is 5.86. The number of hydrogen-bond donors (Lipinski definition) is 0. The first-order valence-corrected chi connectivity index (χ1v) is 6.82. The van der Waals surface area contributed by atoms with Gasteiger partial charge in [0.2, 0.25) is 5.95 Å². The number of anilines is 1. The smallest absolute Gasteiger partial charge is 0.225 e. The van der Waals surface area contributed by atoms with Crippen molar-refractivity contribution < 1.29 is 4.74 Å². The number of pyridine rings is 1. The van der Waals surface area contributed by atoms with E-state index in [-0.39, 0.29) is 6.10 Å². The number of aryl methyl sites for hydroxylation is 1. The molecule has 6 heteroatoms. The molecule has 1 saturated heterocycles. The zero-order valence-corrected chi connectivity index (χ0v) is 12.0. The molecule has 0 aromatic carbocycles. The Labute approximate surface area is 119 Å². The molecule has 0 saturated carbocycles. The quantitative estimate of drug-likeness (QED) is 0.867. The van der Waals surface area contributed by atoms with E-state index in [1.54, 1.807) is 18.6 Å². The van der Waals surface area contributed by atoms with Gasteiger partial charge in [0.25, 0.3) is 0 Å². The normalized spacial score (nSPS) is 15.2. The number of hydrogen-bond acceptors (Lipinski definition) is 5. The Bertz CT molecular complexity index is 569. The number of ether oxygens (including phenoxy) is 1. The zero-order chi connectivity index (χ0) is 13.2. The Morgan fingerprint density at radius 2 is 2.00 bits per heavy atom. The van der Waals surface area contributed by atoms with Gasteiger partial charge in [0.1, 0.15) is 11.9 Å². The van der Waals surface area contributed by atoms with Crippen LogP contribution in [-0.2, 0) is 0 Å². The molecule has 0 N–H and O–H groups in total. The van der Waals surface area contributed by atoms with Gasteiger partial charge in [0, 0.05) is 30.4 Å². The van der Waals surface area contributed by atoms with Crippen molar-refractivity contribution in [1.29, 1.82) is 0 Å². The molecule has 2 aromatic rings. The van der Waals surface area contributed by atoms with Crippen LogP contribution in [0.3, 0.4) is 0 Å². The van der Waals surface area contributed by atoms with Crippen LogP contribution in [0.4, 0.5) is 5.95 Å². The predicted octanol–water partition coefficient (Wildman–Crippen LogP) is 2.21. The third kappa shape index (κ3) is 2.84. The van der Waals surface area contributed by atoms with E-state index in [1.165, 1.54) is 0 Å². The highest BCUT2D eigenvalue weighted by molar-refractivity contribution is 9.10. The lowest BCUT2D eigenvalue weighted by molar-refractivity contribution is 0.166. The van der Waals surface area contributed by atoms with Gasteiger partial charge < -0.3 is 9.64 Å². The van der Waals surface area contributed by atoms with E-state index in [0.29, 0.717) is 0 Å². The predicted molar refractivity (Wildman–Crippen MR) is 75.3 cm³/mol. The standard InChI is InChI=1S/C13H13BrN4O/c1-9-4-11(2-3-15-9)19-12-7-18(8-12)13-16-5-10(14)6-17-13/h2-6,12H,7-8H2,1H3. The summed E-state index contributed by atoms with van der Waals surface area (Å²) in [5.74, 6) is 1.61. The van der Waals surface area contributed by atoms with Crippen LogP contribution in [0.2, 0.25) is 0 Å². The molecule has 19 heavy (non-hydrogen) atoms. The third-order valence-corrected chi connectivity index (χ3v) is 3.32. The molecule has 5 nitrogen and oxygen atoms in total. The van der Waals surface area contributed by atoms with E-state index in [9.17, 15) is 0 Å². The lowest BCUT2D eigenvalue weighted by Crippen LogP contribution is -2.54. The molecule has 3 rings (SSSR count). The second-order valence-electron chi connectivity index (χ2n) is 4.48. The first-order valence-electron chi connectivity index (χ1n) is 6.02. The highest BCUT2D eigenvalue weighted by atomic mass is 79.9. The molecule has 0 amide bonds. The summed E-state index contributed by atoms with van der Waals surface area (Å²) in [7, 11) is 0. The molecule has 0 spiro atoms. The van der Waals surface area contributed by atoms with Crippen LogP contribution in [0.15, 0.2) is 35.2 Å². The van der Waals surface area contributed by atoms with Gasteiger partial charge in [-0.3, -0.25) is 4.98 Å². The SMILES string of the molecule is Cc1cc(OC2CN(c3ncc(Br)cn3)C2)ccn1. The molecule has 0 atom stereocenters. The van der Waals surface area contributed by atoms with Crippen molar-refractivity contribution in [3.05, 3.63) is 40.9 Å². The summed E-state index contributed by atoms with van der Waals surface area (Å²) < 4.78 is 6.75. The highest BCUT2D eigenvalue weighted by Gasteiger charge is 2.30. The third-order valence-electron chi connectivity index (χ3n) is 2.91. The van der Waals surface area contributed by atoms with Crippen LogP contribution in [-0.4, -0.2) is 34.1 Å². The maximum absolute atomic E-state index is 5.86. The topological polar surface area (TPSA) is 51.1 Å². The van der Waals surface area contributed by atoms with Crippen LogP contribution in [0.25, 0.3) is 0 Å². The molecule has 1 aliphatic rings. The summed E-state index contributed by atoms with van der Waals surface area (Å²) in [4.78, 5) is 14.8. The number of rotatable bonds is 3. The number of nitrogens with zero attached hydrogens (tertiary/aromatic N) is 4. The number of aromatic nitrogens is 3. The van der Waals surface area contributed by atoms with Crippen molar-refractivity contribution >= 4 is 21.9 Å². The van der Waals surface area contributed by atoms with Gasteiger partial charge >= 0.3 is 0 Å². The largest absolute Gasteiger partial charge is 0.487 e. The molecule has 0 bridgehead atoms. The van der Waals surface area contributed by atoms with E-state index < -0.39 is 0 Å². The molecular weight excluding hydrogens is 308 g/mol. The minimum Gasteiger partial charge on any atom is -0.487 e. The fourth-order valence-corrected chi connectivity index (χ4v) is 2.13. The van der Waals surface area contributed by atoms with Crippen molar-refractivity contribution in [2.45, 2.75) is 13.0 Å². The van der Waals surface area contributed by atoms with Gasteiger partial charge in [-0.2, -0.15) is 0 Å². The zero-order valence-electron chi connectivity index (χ0n) is 10.5. The Balaban J connectivity index is 1.57.